The average Bonchev–Trinajstić information content (AvgIpc) is 3.16. The molecular weight excluding hydrogens is 345 g/mol. The molecule has 0 radical (unpaired) electrons. The third-order valence-corrected chi connectivity index (χ3v) is 6.15. The Bertz CT molecular complexity index is 856. The number of benzene rings is 1. The van der Waals surface area contributed by atoms with Gasteiger partial charge in [0.15, 0.2) is 5.13 Å². The van der Waals surface area contributed by atoms with Crippen LogP contribution in [0.15, 0.2) is 35.7 Å². The van der Waals surface area contributed by atoms with Crippen molar-refractivity contribution in [3.63, 3.8) is 0 Å². The van der Waals surface area contributed by atoms with Gasteiger partial charge in [0.25, 0.3) is 0 Å². The SMILES string of the molecule is O=C(NCCc1cccs1)C1CN(c2nc3c(F)cccc3s2)C1. The highest BCUT2D eigenvalue weighted by atomic mass is 32.1. The summed E-state index contributed by atoms with van der Waals surface area (Å²) in [7, 11) is 0. The first-order valence-corrected chi connectivity index (χ1v) is 9.50. The highest BCUT2D eigenvalue weighted by Gasteiger charge is 2.34. The second-order valence-corrected chi connectivity index (χ2v) is 7.85. The quantitative estimate of drug-likeness (QED) is 0.758. The van der Waals surface area contributed by atoms with E-state index in [9.17, 15) is 9.18 Å². The Hall–Kier alpha value is -1.99. The minimum absolute atomic E-state index is 0.00908. The summed E-state index contributed by atoms with van der Waals surface area (Å²) < 4.78 is 14.5. The second kappa shape index (κ2) is 6.49. The van der Waals surface area contributed by atoms with Crippen LogP contribution >= 0.6 is 22.7 Å². The van der Waals surface area contributed by atoms with Crippen LogP contribution in [0.5, 0.6) is 0 Å². The summed E-state index contributed by atoms with van der Waals surface area (Å²) >= 11 is 3.18. The van der Waals surface area contributed by atoms with Crippen LogP contribution < -0.4 is 10.2 Å². The molecule has 1 N–H and O–H groups in total. The van der Waals surface area contributed by atoms with Crippen molar-refractivity contribution in [1.82, 2.24) is 10.3 Å². The standard InChI is InChI=1S/C17H16FN3OS2/c18-13-4-1-5-14-15(13)20-17(24-14)21-9-11(10-21)16(22)19-7-6-12-3-2-8-23-12/h1-5,8,11H,6-7,9-10H2,(H,19,22). The third-order valence-electron chi connectivity index (χ3n) is 4.13. The van der Waals surface area contributed by atoms with Crippen molar-refractivity contribution in [2.75, 3.05) is 24.5 Å². The highest BCUT2D eigenvalue weighted by Crippen LogP contribution is 2.33. The van der Waals surface area contributed by atoms with Crippen LogP contribution in [0.3, 0.4) is 0 Å². The number of thiophene rings is 1. The van der Waals surface area contributed by atoms with Crippen molar-refractivity contribution in [2.24, 2.45) is 5.92 Å². The first kappa shape index (κ1) is 15.5. The van der Waals surface area contributed by atoms with Crippen LogP contribution in [0.2, 0.25) is 0 Å². The van der Waals surface area contributed by atoms with Gasteiger partial charge in [0.2, 0.25) is 5.91 Å². The molecule has 24 heavy (non-hydrogen) atoms. The molecule has 3 aromatic rings. The molecule has 1 aromatic carbocycles. The van der Waals surface area contributed by atoms with Gasteiger partial charge in [-0.3, -0.25) is 4.79 Å². The predicted octanol–water partition coefficient (Wildman–Crippen LogP) is 3.29. The van der Waals surface area contributed by atoms with Crippen LogP contribution in [0.1, 0.15) is 4.88 Å². The summed E-state index contributed by atoms with van der Waals surface area (Å²) in [5.41, 5.74) is 0.418. The molecule has 0 spiro atoms. The Morgan fingerprint density at radius 1 is 1.33 bits per heavy atom. The molecule has 1 aliphatic heterocycles. The molecule has 1 saturated heterocycles. The molecule has 7 heteroatoms. The fourth-order valence-electron chi connectivity index (χ4n) is 2.75. The molecule has 0 unspecified atom stereocenters. The van der Waals surface area contributed by atoms with Gasteiger partial charge in [0, 0.05) is 24.5 Å². The number of rotatable bonds is 5. The Morgan fingerprint density at radius 2 is 2.21 bits per heavy atom. The van der Waals surface area contributed by atoms with Gasteiger partial charge in [-0.05, 0) is 30.0 Å². The van der Waals surface area contributed by atoms with Gasteiger partial charge in [-0.1, -0.05) is 23.5 Å². The predicted molar refractivity (Wildman–Crippen MR) is 96.3 cm³/mol. The van der Waals surface area contributed by atoms with Crippen LogP contribution in [0, 0.1) is 11.7 Å². The number of hydrogen-bond donors (Lipinski definition) is 1. The fraction of sp³-hybridized carbons (Fsp3) is 0.294. The molecule has 0 atom stereocenters. The lowest BCUT2D eigenvalue weighted by Crippen LogP contribution is -2.54. The van der Waals surface area contributed by atoms with E-state index in [0.29, 0.717) is 25.2 Å². The van der Waals surface area contributed by atoms with Crippen molar-refractivity contribution in [1.29, 1.82) is 0 Å². The van der Waals surface area contributed by atoms with Crippen LogP contribution in [0.4, 0.5) is 9.52 Å². The van der Waals surface area contributed by atoms with Crippen LogP contribution in [-0.2, 0) is 11.2 Å². The molecule has 0 bridgehead atoms. The number of nitrogens with zero attached hydrogens (tertiary/aromatic N) is 2. The van der Waals surface area contributed by atoms with Gasteiger partial charge in [-0.2, -0.15) is 0 Å². The lowest BCUT2D eigenvalue weighted by atomic mass is 10.00. The Kier molecular flexibility index (Phi) is 4.20. The highest BCUT2D eigenvalue weighted by molar-refractivity contribution is 7.22. The molecule has 1 aliphatic rings. The number of fused-ring (bicyclic) bond motifs is 1. The van der Waals surface area contributed by atoms with Crippen molar-refractivity contribution in [3.05, 3.63) is 46.4 Å². The monoisotopic (exact) mass is 361 g/mol. The van der Waals surface area contributed by atoms with Gasteiger partial charge in [0.1, 0.15) is 11.3 Å². The number of carbonyl (C=O) groups is 1. The lowest BCUT2D eigenvalue weighted by Gasteiger charge is -2.37. The van der Waals surface area contributed by atoms with E-state index in [-0.39, 0.29) is 17.6 Å². The van der Waals surface area contributed by atoms with Crippen molar-refractivity contribution < 1.29 is 9.18 Å². The first-order chi connectivity index (χ1) is 11.7. The van der Waals surface area contributed by atoms with Crippen molar-refractivity contribution in [3.8, 4) is 0 Å². The van der Waals surface area contributed by atoms with E-state index in [0.717, 1.165) is 16.3 Å². The molecular formula is C17H16FN3OS2. The normalized spacial score (nSPS) is 14.8. The number of aromatic nitrogens is 1. The number of hydrogen-bond acceptors (Lipinski definition) is 5. The maximum absolute atomic E-state index is 13.7. The number of carbonyl (C=O) groups excluding carboxylic acids is 1. The number of anilines is 1. The zero-order chi connectivity index (χ0) is 16.5. The Morgan fingerprint density at radius 3 is 2.96 bits per heavy atom. The Balaban J connectivity index is 1.30. The maximum atomic E-state index is 13.7. The van der Waals surface area contributed by atoms with E-state index < -0.39 is 0 Å². The minimum atomic E-state index is -0.293. The average molecular weight is 361 g/mol. The van der Waals surface area contributed by atoms with Gasteiger partial charge in [-0.25, -0.2) is 9.37 Å². The molecule has 0 aliphatic carbocycles. The number of halogens is 1. The smallest absolute Gasteiger partial charge is 0.226 e. The van der Waals surface area contributed by atoms with Crippen molar-refractivity contribution >= 4 is 43.9 Å². The Labute approximate surface area is 146 Å². The van der Waals surface area contributed by atoms with Gasteiger partial charge in [-0.15, -0.1) is 11.3 Å². The molecule has 3 heterocycles. The summed E-state index contributed by atoms with van der Waals surface area (Å²) in [6.07, 6.45) is 0.872. The second-order valence-electron chi connectivity index (χ2n) is 5.81. The number of nitrogens with one attached hydrogen (secondary N) is 1. The molecule has 2 aromatic heterocycles. The van der Waals surface area contributed by atoms with Crippen molar-refractivity contribution in [2.45, 2.75) is 6.42 Å². The van der Waals surface area contributed by atoms with Crippen LogP contribution in [0.25, 0.3) is 10.2 Å². The van der Waals surface area contributed by atoms with E-state index in [2.05, 4.69) is 16.4 Å². The van der Waals surface area contributed by atoms with Gasteiger partial charge < -0.3 is 10.2 Å². The van der Waals surface area contributed by atoms with E-state index in [4.69, 9.17) is 0 Å². The molecule has 124 valence electrons. The van der Waals surface area contributed by atoms with E-state index >= 15 is 0 Å². The molecule has 1 amide bonds. The number of amides is 1. The number of para-hydroxylation sites is 1. The molecule has 4 rings (SSSR count). The van der Waals surface area contributed by atoms with E-state index in [1.54, 1.807) is 17.4 Å². The van der Waals surface area contributed by atoms with Gasteiger partial charge in [0.05, 0.1) is 10.6 Å². The van der Waals surface area contributed by atoms with E-state index in [1.807, 2.05) is 22.4 Å². The number of thiazole rings is 1. The zero-order valence-corrected chi connectivity index (χ0v) is 14.5. The molecule has 4 nitrogen and oxygen atoms in total. The van der Waals surface area contributed by atoms with E-state index in [1.165, 1.54) is 22.3 Å². The summed E-state index contributed by atoms with van der Waals surface area (Å²) in [6, 6.07) is 9.08. The largest absolute Gasteiger partial charge is 0.355 e. The minimum Gasteiger partial charge on any atom is -0.355 e. The fourth-order valence-corrected chi connectivity index (χ4v) is 4.45. The first-order valence-electron chi connectivity index (χ1n) is 7.81. The van der Waals surface area contributed by atoms with Gasteiger partial charge >= 0.3 is 0 Å². The summed E-state index contributed by atoms with van der Waals surface area (Å²) in [5.74, 6) is -0.210. The summed E-state index contributed by atoms with van der Waals surface area (Å²) in [6.45, 7) is 1.96. The summed E-state index contributed by atoms with van der Waals surface area (Å²) in [4.78, 5) is 19.8. The maximum Gasteiger partial charge on any atom is 0.226 e. The molecule has 1 fully saturated rings. The van der Waals surface area contributed by atoms with Crippen LogP contribution in [-0.4, -0.2) is 30.5 Å². The summed E-state index contributed by atoms with van der Waals surface area (Å²) in [5, 5.41) is 5.83. The lowest BCUT2D eigenvalue weighted by molar-refractivity contribution is -0.125. The third kappa shape index (κ3) is 3.01. The topological polar surface area (TPSA) is 45.2 Å². The zero-order valence-electron chi connectivity index (χ0n) is 12.9. The molecule has 0 saturated carbocycles.